The average Bonchev–Trinajstić information content (AvgIpc) is 2.20. The Morgan fingerprint density at radius 3 is 2.62 bits per heavy atom. The van der Waals surface area contributed by atoms with Crippen LogP contribution in [0.15, 0.2) is 23.9 Å². The van der Waals surface area contributed by atoms with E-state index < -0.39 is 0 Å². The molecule has 0 bridgehead atoms. The molecule has 1 aliphatic heterocycles. The van der Waals surface area contributed by atoms with E-state index in [0.29, 0.717) is 0 Å². The molecule has 1 heterocycles. The number of likely N-dealkylation sites (tertiary alicyclic amines) is 1. The molecule has 1 nitrogen and oxygen atoms in total. The van der Waals surface area contributed by atoms with Gasteiger partial charge in [0.1, 0.15) is 0 Å². The van der Waals surface area contributed by atoms with Crippen LogP contribution in [0.2, 0.25) is 0 Å². The lowest BCUT2D eigenvalue weighted by Crippen LogP contribution is -2.29. The molecular formula is C12H19N. The van der Waals surface area contributed by atoms with Crippen molar-refractivity contribution in [1.29, 1.82) is 0 Å². The second kappa shape index (κ2) is 3.99. The molecule has 13 heavy (non-hydrogen) atoms. The molecule has 0 spiro atoms. The topological polar surface area (TPSA) is 3.24 Å². The van der Waals surface area contributed by atoms with Gasteiger partial charge in [0.2, 0.25) is 0 Å². The van der Waals surface area contributed by atoms with E-state index in [9.17, 15) is 0 Å². The first-order valence-electron chi connectivity index (χ1n) is 5.49. The molecule has 1 heteroatoms. The molecular weight excluding hydrogens is 158 g/mol. The number of rotatable bonds is 1. The minimum atomic E-state index is 0.744. The van der Waals surface area contributed by atoms with Gasteiger partial charge in [0.25, 0.3) is 0 Å². The first kappa shape index (κ1) is 8.86. The second-order valence-electron chi connectivity index (χ2n) is 4.25. The summed E-state index contributed by atoms with van der Waals surface area (Å²) in [5, 5.41) is 0. The lowest BCUT2D eigenvalue weighted by Gasteiger charge is -2.31. The van der Waals surface area contributed by atoms with E-state index in [1.165, 1.54) is 44.5 Å². The van der Waals surface area contributed by atoms with Crippen molar-refractivity contribution in [2.75, 3.05) is 13.1 Å². The van der Waals surface area contributed by atoms with E-state index in [1.54, 1.807) is 0 Å². The van der Waals surface area contributed by atoms with Crippen LogP contribution in [0.25, 0.3) is 0 Å². The SMILES string of the molecule is CC1C=CC(N2CCCCC2)=CC1. The molecule has 2 aliphatic rings. The maximum absolute atomic E-state index is 2.53. The van der Waals surface area contributed by atoms with Gasteiger partial charge in [-0.15, -0.1) is 0 Å². The van der Waals surface area contributed by atoms with Crippen LogP contribution >= 0.6 is 0 Å². The van der Waals surface area contributed by atoms with E-state index in [1.807, 2.05) is 0 Å². The highest BCUT2D eigenvalue weighted by Crippen LogP contribution is 2.21. The minimum absolute atomic E-state index is 0.744. The van der Waals surface area contributed by atoms with Crippen LogP contribution < -0.4 is 0 Å². The summed E-state index contributed by atoms with van der Waals surface area (Å²) in [5.41, 5.74) is 1.47. The van der Waals surface area contributed by atoms with Crippen molar-refractivity contribution >= 4 is 0 Å². The summed E-state index contributed by atoms with van der Waals surface area (Å²) in [6.07, 6.45) is 12.4. The predicted octanol–water partition coefficient (Wildman–Crippen LogP) is 2.95. The Labute approximate surface area is 81.1 Å². The van der Waals surface area contributed by atoms with Crippen molar-refractivity contribution in [3.63, 3.8) is 0 Å². The molecule has 1 atom stereocenters. The van der Waals surface area contributed by atoms with Crippen molar-refractivity contribution in [2.24, 2.45) is 5.92 Å². The summed E-state index contributed by atoms with van der Waals surface area (Å²) in [4.78, 5) is 2.53. The summed E-state index contributed by atoms with van der Waals surface area (Å²) in [5.74, 6) is 0.744. The van der Waals surface area contributed by atoms with Gasteiger partial charge in [-0.2, -0.15) is 0 Å². The lowest BCUT2D eigenvalue weighted by atomic mass is 10.00. The van der Waals surface area contributed by atoms with Gasteiger partial charge in [0.15, 0.2) is 0 Å². The van der Waals surface area contributed by atoms with Crippen molar-refractivity contribution in [1.82, 2.24) is 4.90 Å². The number of piperidine rings is 1. The lowest BCUT2D eigenvalue weighted by molar-refractivity contribution is 0.290. The van der Waals surface area contributed by atoms with Crippen LogP contribution in [-0.2, 0) is 0 Å². The summed E-state index contributed by atoms with van der Waals surface area (Å²) < 4.78 is 0. The van der Waals surface area contributed by atoms with Gasteiger partial charge >= 0.3 is 0 Å². The van der Waals surface area contributed by atoms with Gasteiger partial charge in [-0.05, 0) is 37.7 Å². The van der Waals surface area contributed by atoms with Crippen LogP contribution in [0.4, 0.5) is 0 Å². The van der Waals surface area contributed by atoms with Gasteiger partial charge in [-0.3, -0.25) is 0 Å². The first-order chi connectivity index (χ1) is 6.36. The fraction of sp³-hybridized carbons (Fsp3) is 0.667. The summed E-state index contributed by atoms with van der Waals surface area (Å²) in [6.45, 7) is 4.81. The van der Waals surface area contributed by atoms with Gasteiger partial charge in [-0.1, -0.05) is 19.1 Å². The van der Waals surface area contributed by atoms with E-state index >= 15 is 0 Å². The third-order valence-electron chi connectivity index (χ3n) is 3.02. The van der Waals surface area contributed by atoms with Crippen LogP contribution in [0.5, 0.6) is 0 Å². The Morgan fingerprint density at radius 1 is 1.23 bits per heavy atom. The van der Waals surface area contributed by atoms with Crippen molar-refractivity contribution < 1.29 is 0 Å². The maximum atomic E-state index is 2.53. The molecule has 0 amide bonds. The molecule has 1 unspecified atom stereocenters. The molecule has 1 fully saturated rings. The zero-order valence-electron chi connectivity index (χ0n) is 8.50. The summed E-state index contributed by atoms with van der Waals surface area (Å²) in [6, 6.07) is 0. The van der Waals surface area contributed by atoms with E-state index in [2.05, 4.69) is 30.1 Å². The van der Waals surface area contributed by atoms with Gasteiger partial charge in [-0.25, -0.2) is 0 Å². The van der Waals surface area contributed by atoms with Gasteiger partial charge in [0.05, 0.1) is 0 Å². The van der Waals surface area contributed by atoms with Crippen molar-refractivity contribution in [2.45, 2.75) is 32.6 Å². The number of hydrogen-bond donors (Lipinski definition) is 0. The van der Waals surface area contributed by atoms with E-state index in [4.69, 9.17) is 0 Å². The smallest absolute Gasteiger partial charge is 0.0322 e. The zero-order chi connectivity index (χ0) is 9.10. The maximum Gasteiger partial charge on any atom is 0.0322 e. The molecule has 0 aromatic rings. The van der Waals surface area contributed by atoms with E-state index in [-0.39, 0.29) is 0 Å². The monoisotopic (exact) mass is 177 g/mol. The molecule has 0 aromatic heterocycles. The Hall–Kier alpha value is -0.720. The fourth-order valence-corrected chi connectivity index (χ4v) is 2.10. The number of hydrogen-bond acceptors (Lipinski definition) is 1. The number of allylic oxidation sites excluding steroid dienone is 3. The van der Waals surface area contributed by atoms with Crippen molar-refractivity contribution in [3.05, 3.63) is 23.9 Å². The molecule has 0 radical (unpaired) electrons. The Bertz CT molecular complexity index is 221. The number of nitrogens with zero attached hydrogens (tertiary/aromatic N) is 1. The highest BCUT2D eigenvalue weighted by molar-refractivity contribution is 5.22. The Balaban J connectivity index is 1.96. The second-order valence-corrected chi connectivity index (χ2v) is 4.25. The predicted molar refractivity (Wildman–Crippen MR) is 56.4 cm³/mol. The first-order valence-corrected chi connectivity index (χ1v) is 5.49. The minimum Gasteiger partial charge on any atom is -0.372 e. The van der Waals surface area contributed by atoms with Gasteiger partial charge < -0.3 is 4.90 Å². The molecule has 1 aliphatic carbocycles. The third kappa shape index (κ3) is 2.15. The van der Waals surface area contributed by atoms with Gasteiger partial charge in [0, 0.05) is 18.8 Å². The van der Waals surface area contributed by atoms with Crippen LogP contribution in [0.1, 0.15) is 32.6 Å². The van der Waals surface area contributed by atoms with Crippen LogP contribution in [0.3, 0.4) is 0 Å². The quantitative estimate of drug-likeness (QED) is 0.595. The van der Waals surface area contributed by atoms with Crippen molar-refractivity contribution in [3.8, 4) is 0 Å². The molecule has 0 aromatic carbocycles. The average molecular weight is 177 g/mol. The zero-order valence-corrected chi connectivity index (χ0v) is 8.50. The highest BCUT2D eigenvalue weighted by atomic mass is 15.1. The van der Waals surface area contributed by atoms with E-state index in [0.717, 1.165) is 5.92 Å². The molecule has 0 saturated carbocycles. The third-order valence-corrected chi connectivity index (χ3v) is 3.02. The summed E-state index contributed by atoms with van der Waals surface area (Å²) in [7, 11) is 0. The van der Waals surface area contributed by atoms with Crippen LogP contribution in [-0.4, -0.2) is 18.0 Å². The largest absolute Gasteiger partial charge is 0.372 e. The normalized spacial score (nSPS) is 28.8. The molecule has 1 saturated heterocycles. The standard InChI is InChI=1S/C12H19N/c1-11-5-7-12(8-6-11)13-9-3-2-4-10-13/h5,7-8,11H,2-4,6,9-10H2,1H3. The summed E-state index contributed by atoms with van der Waals surface area (Å²) >= 11 is 0. The highest BCUT2D eigenvalue weighted by Gasteiger charge is 2.13. The molecule has 0 N–H and O–H groups in total. The fourth-order valence-electron chi connectivity index (χ4n) is 2.10. The molecule has 2 rings (SSSR count). The molecule has 72 valence electrons. The van der Waals surface area contributed by atoms with Crippen LogP contribution in [0, 0.1) is 5.92 Å². The Morgan fingerprint density at radius 2 is 2.00 bits per heavy atom. The Kier molecular flexibility index (Phi) is 2.72.